The van der Waals surface area contributed by atoms with Crippen LogP contribution in [0, 0.1) is 9.39 Å². The minimum atomic E-state index is -0.467. The van der Waals surface area contributed by atoms with Crippen molar-refractivity contribution in [1.29, 1.82) is 0 Å². The second-order valence-corrected chi connectivity index (χ2v) is 5.59. The zero-order chi connectivity index (χ0) is 14.7. The van der Waals surface area contributed by atoms with Gasteiger partial charge < -0.3 is 10.6 Å². The number of nitrogens with one attached hydrogen (secondary N) is 2. The molecule has 2 N–H and O–H groups in total. The van der Waals surface area contributed by atoms with Crippen molar-refractivity contribution in [3.05, 3.63) is 56.4 Å². The number of rotatable bonds is 3. The van der Waals surface area contributed by atoms with Crippen molar-refractivity contribution in [2.24, 2.45) is 0 Å². The lowest BCUT2D eigenvalue weighted by Gasteiger charge is -2.11. The van der Waals surface area contributed by atoms with Gasteiger partial charge in [-0.05, 0) is 52.9 Å². The fourth-order valence-corrected chi connectivity index (χ4v) is 2.75. The SMILES string of the molecule is CNc1c(F)cccc1C(=O)Nc1ccc(Cl)cc1I. The number of carbonyl (C=O) groups excluding carboxylic acids is 1. The molecule has 0 heterocycles. The van der Waals surface area contributed by atoms with Gasteiger partial charge in [0.2, 0.25) is 0 Å². The van der Waals surface area contributed by atoms with Gasteiger partial charge in [-0.15, -0.1) is 0 Å². The van der Waals surface area contributed by atoms with E-state index in [-0.39, 0.29) is 17.2 Å². The third kappa shape index (κ3) is 3.21. The van der Waals surface area contributed by atoms with Crippen molar-refractivity contribution in [3.8, 4) is 0 Å². The lowest BCUT2D eigenvalue weighted by molar-refractivity contribution is 0.102. The van der Waals surface area contributed by atoms with Gasteiger partial charge in [0, 0.05) is 15.6 Å². The topological polar surface area (TPSA) is 41.1 Å². The second kappa shape index (κ2) is 6.41. The lowest BCUT2D eigenvalue weighted by atomic mass is 10.1. The Bertz CT molecular complexity index is 664. The normalized spacial score (nSPS) is 10.2. The maximum atomic E-state index is 13.6. The van der Waals surface area contributed by atoms with E-state index in [0.717, 1.165) is 3.57 Å². The van der Waals surface area contributed by atoms with Crippen molar-refractivity contribution in [1.82, 2.24) is 0 Å². The molecule has 0 spiro atoms. The molecule has 6 heteroatoms. The van der Waals surface area contributed by atoms with E-state index in [0.29, 0.717) is 10.7 Å². The van der Waals surface area contributed by atoms with Crippen molar-refractivity contribution in [2.45, 2.75) is 0 Å². The molecule has 0 saturated carbocycles. The highest BCUT2D eigenvalue weighted by Crippen LogP contribution is 2.25. The number of benzene rings is 2. The van der Waals surface area contributed by atoms with Gasteiger partial charge in [0.25, 0.3) is 5.91 Å². The summed E-state index contributed by atoms with van der Waals surface area (Å²) in [7, 11) is 1.57. The molecule has 0 aliphatic rings. The van der Waals surface area contributed by atoms with Crippen LogP contribution >= 0.6 is 34.2 Å². The highest BCUT2D eigenvalue weighted by Gasteiger charge is 2.15. The van der Waals surface area contributed by atoms with E-state index in [9.17, 15) is 9.18 Å². The smallest absolute Gasteiger partial charge is 0.257 e. The van der Waals surface area contributed by atoms with Gasteiger partial charge in [-0.2, -0.15) is 0 Å². The minimum Gasteiger partial charge on any atom is -0.385 e. The molecule has 0 fully saturated rings. The van der Waals surface area contributed by atoms with Crippen LogP contribution in [-0.4, -0.2) is 13.0 Å². The molecule has 0 saturated heterocycles. The molecule has 0 aliphatic heterocycles. The summed E-state index contributed by atoms with van der Waals surface area (Å²) in [5.74, 6) is -0.847. The van der Waals surface area contributed by atoms with Gasteiger partial charge in [-0.25, -0.2) is 4.39 Å². The zero-order valence-corrected chi connectivity index (χ0v) is 13.4. The first-order valence-corrected chi connectivity index (χ1v) is 7.21. The average Bonchev–Trinajstić information content (AvgIpc) is 2.41. The van der Waals surface area contributed by atoms with Crippen molar-refractivity contribution in [3.63, 3.8) is 0 Å². The first-order valence-electron chi connectivity index (χ1n) is 5.75. The number of carbonyl (C=O) groups is 1. The van der Waals surface area contributed by atoms with Gasteiger partial charge in [0.05, 0.1) is 16.9 Å². The number of hydrogen-bond donors (Lipinski definition) is 2. The Labute approximate surface area is 134 Å². The molecule has 0 radical (unpaired) electrons. The van der Waals surface area contributed by atoms with E-state index in [1.54, 1.807) is 31.3 Å². The van der Waals surface area contributed by atoms with E-state index in [2.05, 4.69) is 33.2 Å². The molecule has 0 unspecified atom stereocenters. The number of anilines is 2. The largest absolute Gasteiger partial charge is 0.385 e. The third-order valence-electron chi connectivity index (χ3n) is 2.69. The predicted octanol–water partition coefficient (Wildman–Crippen LogP) is 4.38. The van der Waals surface area contributed by atoms with E-state index >= 15 is 0 Å². The molecule has 1 amide bonds. The van der Waals surface area contributed by atoms with Crippen molar-refractivity contribution in [2.75, 3.05) is 17.7 Å². The van der Waals surface area contributed by atoms with Gasteiger partial charge in [0.15, 0.2) is 0 Å². The Hall–Kier alpha value is -1.34. The second-order valence-electron chi connectivity index (χ2n) is 3.99. The summed E-state index contributed by atoms with van der Waals surface area (Å²) >= 11 is 7.94. The molecular weight excluding hydrogens is 394 g/mol. The van der Waals surface area contributed by atoms with Gasteiger partial charge in [0.1, 0.15) is 5.82 Å². The van der Waals surface area contributed by atoms with Crippen molar-refractivity contribution < 1.29 is 9.18 Å². The summed E-state index contributed by atoms with van der Waals surface area (Å²) in [6.45, 7) is 0. The highest BCUT2D eigenvalue weighted by atomic mass is 127. The van der Waals surface area contributed by atoms with E-state index in [1.165, 1.54) is 12.1 Å². The Morgan fingerprint density at radius 3 is 2.70 bits per heavy atom. The molecule has 104 valence electrons. The molecule has 2 aromatic carbocycles. The summed E-state index contributed by atoms with van der Waals surface area (Å²) in [4.78, 5) is 12.2. The summed E-state index contributed by atoms with van der Waals surface area (Å²) in [5.41, 5.74) is 1.05. The van der Waals surface area contributed by atoms with Crippen LogP contribution in [0.25, 0.3) is 0 Å². The highest BCUT2D eigenvalue weighted by molar-refractivity contribution is 14.1. The molecule has 0 bridgehead atoms. The summed E-state index contributed by atoms with van der Waals surface area (Å²) < 4.78 is 14.4. The van der Waals surface area contributed by atoms with Crippen LogP contribution in [0.5, 0.6) is 0 Å². The molecule has 0 aromatic heterocycles. The Morgan fingerprint density at radius 2 is 2.05 bits per heavy atom. The monoisotopic (exact) mass is 404 g/mol. The molecule has 20 heavy (non-hydrogen) atoms. The molecule has 3 nitrogen and oxygen atoms in total. The molecule has 0 aliphatic carbocycles. The Morgan fingerprint density at radius 1 is 1.30 bits per heavy atom. The fraction of sp³-hybridized carbons (Fsp3) is 0.0714. The lowest BCUT2D eigenvalue weighted by Crippen LogP contribution is -2.15. The first-order chi connectivity index (χ1) is 9.52. The van der Waals surface area contributed by atoms with Crippen LogP contribution < -0.4 is 10.6 Å². The van der Waals surface area contributed by atoms with Crippen molar-refractivity contribution >= 4 is 51.5 Å². The van der Waals surface area contributed by atoms with Gasteiger partial charge in [-0.1, -0.05) is 17.7 Å². The maximum Gasteiger partial charge on any atom is 0.257 e. The molecule has 2 aromatic rings. The molecule has 0 atom stereocenters. The van der Waals surface area contributed by atoms with Crippen LogP contribution in [-0.2, 0) is 0 Å². The van der Waals surface area contributed by atoms with Crippen LogP contribution in [0.2, 0.25) is 5.02 Å². The quantitative estimate of drug-likeness (QED) is 0.746. The third-order valence-corrected chi connectivity index (χ3v) is 3.82. The number of hydrogen-bond acceptors (Lipinski definition) is 2. The Kier molecular flexibility index (Phi) is 4.82. The van der Waals surface area contributed by atoms with Crippen LogP contribution in [0.4, 0.5) is 15.8 Å². The first kappa shape index (κ1) is 15.1. The van der Waals surface area contributed by atoms with E-state index in [4.69, 9.17) is 11.6 Å². The van der Waals surface area contributed by atoms with Gasteiger partial charge >= 0.3 is 0 Å². The van der Waals surface area contributed by atoms with Gasteiger partial charge in [-0.3, -0.25) is 4.79 Å². The number of halogens is 3. The van der Waals surface area contributed by atoms with E-state index < -0.39 is 5.82 Å². The van der Waals surface area contributed by atoms with Crippen LogP contribution in [0.15, 0.2) is 36.4 Å². The zero-order valence-electron chi connectivity index (χ0n) is 10.5. The number of amides is 1. The average molecular weight is 405 g/mol. The summed E-state index contributed by atoms with van der Waals surface area (Å²) in [5, 5.41) is 6.03. The number of para-hydroxylation sites is 1. The van der Waals surface area contributed by atoms with Crippen LogP contribution in [0.1, 0.15) is 10.4 Å². The minimum absolute atomic E-state index is 0.175. The standard InChI is InChI=1S/C14H11ClFIN2O/c1-18-13-9(3-2-4-10(13)16)14(20)19-12-6-5-8(15)7-11(12)17/h2-7,18H,1H3,(H,19,20). The fourth-order valence-electron chi connectivity index (χ4n) is 1.75. The summed E-state index contributed by atoms with van der Waals surface area (Å²) in [6.07, 6.45) is 0. The molecular formula is C14H11ClFIN2O. The predicted molar refractivity (Wildman–Crippen MR) is 88.1 cm³/mol. The summed E-state index contributed by atoms with van der Waals surface area (Å²) in [6, 6.07) is 9.49. The maximum absolute atomic E-state index is 13.6. The van der Waals surface area contributed by atoms with E-state index in [1.807, 2.05) is 0 Å². The molecule has 2 rings (SSSR count). The Balaban J connectivity index is 2.31. The van der Waals surface area contributed by atoms with Crippen LogP contribution in [0.3, 0.4) is 0 Å².